The van der Waals surface area contributed by atoms with Crippen LogP contribution in [0.5, 0.6) is 11.5 Å². The molecule has 0 N–H and O–H groups in total. The Hall–Kier alpha value is -1.75. The molecule has 1 aromatic carbocycles. The Bertz CT molecular complexity index is 361. The molecule has 0 atom stereocenters. The molecular formula is C11H14O5. The van der Waals surface area contributed by atoms with Crippen LogP contribution < -0.4 is 9.47 Å². The lowest BCUT2D eigenvalue weighted by Gasteiger charge is -2.08. The molecule has 0 aromatic heterocycles. The Balaban J connectivity index is 2.90. The summed E-state index contributed by atoms with van der Waals surface area (Å²) in [6.45, 7) is 2.02. The minimum absolute atomic E-state index is 0.289. The summed E-state index contributed by atoms with van der Waals surface area (Å²) in [7, 11) is 3.00. The van der Waals surface area contributed by atoms with Gasteiger partial charge in [-0.2, -0.15) is 4.89 Å². The van der Waals surface area contributed by atoms with Gasteiger partial charge in [-0.15, -0.1) is 0 Å². The Labute approximate surface area is 93.8 Å². The van der Waals surface area contributed by atoms with E-state index in [0.29, 0.717) is 18.1 Å². The zero-order chi connectivity index (χ0) is 12.0. The lowest BCUT2D eigenvalue weighted by Crippen LogP contribution is -2.07. The maximum absolute atomic E-state index is 11.5. The predicted octanol–water partition coefficient (Wildman–Crippen LogP) is 1.81. The van der Waals surface area contributed by atoms with Gasteiger partial charge < -0.3 is 9.47 Å². The maximum atomic E-state index is 11.5. The highest BCUT2D eigenvalue weighted by Gasteiger charge is 2.15. The average Bonchev–Trinajstić information content (AvgIpc) is 2.34. The second kappa shape index (κ2) is 5.97. The summed E-state index contributed by atoms with van der Waals surface area (Å²) in [5, 5.41) is 0. The Morgan fingerprint density at radius 2 is 2.00 bits per heavy atom. The minimum atomic E-state index is -0.596. The summed E-state index contributed by atoms with van der Waals surface area (Å²) >= 11 is 0. The summed E-state index contributed by atoms with van der Waals surface area (Å²) in [4.78, 5) is 20.6. The topological polar surface area (TPSA) is 54.0 Å². The van der Waals surface area contributed by atoms with Gasteiger partial charge >= 0.3 is 5.97 Å². The number of carbonyl (C=O) groups is 1. The van der Waals surface area contributed by atoms with Gasteiger partial charge in [0.15, 0.2) is 0 Å². The van der Waals surface area contributed by atoms with Crippen LogP contribution in [0.25, 0.3) is 0 Å². The third-order valence-corrected chi connectivity index (χ3v) is 1.88. The Kier molecular flexibility index (Phi) is 4.60. The highest BCUT2D eigenvalue weighted by molar-refractivity contribution is 5.92. The fourth-order valence-corrected chi connectivity index (χ4v) is 1.12. The summed E-state index contributed by atoms with van der Waals surface area (Å²) in [6, 6.07) is 4.80. The van der Waals surface area contributed by atoms with Crippen LogP contribution in [0.15, 0.2) is 18.2 Å². The van der Waals surface area contributed by atoms with Crippen molar-refractivity contribution < 1.29 is 24.0 Å². The number of carbonyl (C=O) groups excluding carboxylic acids is 1. The molecule has 88 valence electrons. The number of methoxy groups -OCH3 is 2. The van der Waals surface area contributed by atoms with E-state index in [1.165, 1.54) is 14.2 Å². The second-order valence-electron chi connectivity index (χ2n) is 2.84. The van der Waals surface area contributed by atoms with Gasteiger partial charge in [-0.05, 0) is 19.1 Å². The van der Waals surface area contributed by atoms with E-state index in [-0.39, 0.29) is 5.56 Å². The third-order valence-electron chi connectivity index (χ3n) is 1.88. The van der Waals surface area contributed by atoms with Crippen molar-refractivity contribution in [2.24, 2.45) is 0 Å². The van der Waals surface area contributed by atoms with E-state index in [4.69, 9.17) is 9.47 Å². The standard InChI is InChI=1S/C11H14O5/c1-4-15-16-11(12)9-6-5-8(13-2)7-10(9)14-3/h5-7H,4H2,1-3H3. The predicted molar refractivity (Wildman–Crippen MR) is 56.6 cm³/mol. The Morgan fingerprint density at radius 1 is 1.25 bits per heavy atom. The van der Waals surface area contributed by atoms with Crippen molar-refractivity contribution in [3.8, 4) is 11.5 Å². The summed E-state index contributed by atoms with van der Waals surface area (Å²) < 4.78 is 10.1. The van der Waals surface area contributed by atoms with E-state index >= 15 is 0 Å². The van der Waals surface area contributed by atoms with Crippen LogP contribution in [0.3, 0.4) is 0 Å². The minimum Gasteiger partial charge on any atom is -0.497 e. The van der Waals surface area contributed by atoms with Crippen LogP contribution >= 0.6 is 0 Å². The van der Waals surface area contributed by atoms with Gasteiger partial charge in [-0.3, -0.25) is 4.89 Å². The van der Waals surface area contributed by atoms with Crippen molar-refractivity contribution in [2.45, 2.75) is 6.92 Å². The number of ether oxygens (including phenoxy) is 2. The van der Waals surface area contributed by atoms with Gasteiger partial charge in [0, 0.05) is 6.07 Å². The molecule has 0 fully saturated rings. The summed E-state index contributed by atoms with van der Waals surface area (Å²) in [5.41, 5.74) is 0.289. The fourth-order valence-electron chi connectivity index (χ4n) is 1.12. The van der Waals surface area contributed by atoms with Gasteiger partial charge in [-0.1, -0.05) is 0 Å². The van der Waals surface area contributed by atoms with Crippen molar-refractivity contribution in [1.82, 2.24) is 0 Å². The first-order valence-corrected chi connectivity index (χ1v) is 4.78. The monoisotopic (exact) mass is 226 g/mol. The quantitative estimate of drug-likeness (QED) is 0.566. The van der Waals surface area contributed by atoms with E-state index in [9.17, 15) is 4.79 Å². The molecule has 0 aliphatic rings. The fraction of sp³-hybridized carbons (Fsp3) is 0.364. The van der Waals surface area contributed by atoms with Crippen LogP contribution in [-0.2, 0) is 9.78 Å². The van der Waals surface area contributed by atoms with Gasteiger partial charge in [0.1, 0.15) is 17.1 Å². The first-order chi connectivity index (χ1) is 7.72. The van der Waals surface area contributed by atoms with Crippen LogP contribution in [0.4, 0.5) is 0 Å². The molecule has 0 spiro atoms. The normalized spacial score (nSPS) is 9.69. The molecule has 0 saturated carbocycles. The molecule has 0 radical (unpaired) electrons. The van der Waals surface area contributed by atoms with Crippen molar-refractivity contribution >= 4 is 5.97 Å². The molecule has 16 heavy (non-hydrogen) atoms. The van der Waals surface area contributed by atoms with Crippen LogP contribution in [0.2, 0.25) is 0 Å². The first-order valence-electron chi connectivity index (χ1n) is 4.78. The second-order valence-corrected chi connectivity index (χ2v) is 2.84. The zero-order valence-corrected chi connectivity index (χ0v) is 9.48. The molecule has 1 rings (SSSR count). The molecule has 5 heteroatoms. The lowest BCUT2D eigenvalue weighted by atomic mass is 10.2. The summed E-state index contributed by atoms with van der Waals surface area (Å²) in [5.74, 6) is 0.384. The van der Waals surface area contributed by atoms with Crippen molar-refractivity contribution in [3.63, 3.8) is 0 Å². The van der Waals surface area contributed by atoms with E-state index in [2.05, 4.69) is 9.78 Å². The molecule has 0 aliphatic carbocycles. The van der Waals surface area contributed by atoms with Crippen LogP contribution in [0.1, 0.15) is 17.3 Å². The Morgan fingerprint density at radius 3 is 2.56 bits per heavy atom. The molecule has 0 heterocycles. The largest absolute Gasteiger partial charge is 0.497 e. The summed E-state index contributed by atoms with van der Waals surface area (Å²) in [6.07, 6.45) is 0. The number of benzene rings is 1. The van der Waals surface area contributed by atoms with Crippen molar-refractivity contribution in [3.05, 3.63) is 23.8 Å². The molecule has 1 aromatic rings. The lowest BCUT2D eigenvalue weighted by molar-refractivity contribution is -0.236. The van der Waals surface area contributed by atoms with Gasteiger partial charge in [0.25, 0.3) is 0 Å². The van der Waals surface area contributed by atoms with E-state index < -0.39 is 5.97 Å². The molecule has 0 unspecified atom stereocenters. The SMILES string of the molecule is CCOOC(=O)c1ccc(OC)cc1OC. The first kappa shape index (κ1) is 12.3. The number of rotatable bonds is 5. The highest BCUT2D eigenvalue weighted by Crippen LogP contribution is 2.25. The van der Waals surface area contributed by atoms with Crippen LogP contribution in [0, 0.1) is 0 Å². The molecule has 0 saturated heterocycles. The van der Waals surface area contributed by atoms with Crippen molar-refractivity contribution in [1.29, 1.82) is 0 Å². The number of hydrogen-bond acceptors (Lipinski definition) is 5. The smallest absolute Gasteiger partial charge is 0.376 e. The average molecular weight is 226 g/mol. The third kappa shape index (κ3) is 2.87. The highest BCUT2D eigenvalue weighted by atomic mass is 17.2. The van der Waals surface area contributed by atoms with E-state index in [0.717, 1.165) is 0 Å². The zero-order valence-electron chi connectivity index (χ0n) is 9.48. The van der Waals surface area contributed by atoms with Gasteiger partial charge in [0.2, 0.25) is 0 Å². The molecule has 0 bridgehead atoms. The molecular weight excluding hydrogens is 212 g/mol. The molecule has 5 nitrogen and oxygen atoms in total. The van der Waals surface area contributed by atoms with Crippen LogP contribution in [-0.4, -0.2) is 26.8 Å². The van der Waals surface area contributed by atoms with Gasteiger partial charge in [0.05, 0.1) is 20.8 Å². The maximum Gasteiger partial charge on any atom is 0.376 e. The van der Waals surface area contributed by atoms with E-state index in [1.807, 2.05) is 0 Å². The van der Waals surface area contributed by atoms with Gasteiger partial charge in [-0.25, -0.2) is 4.79 Å². The van der Waals surface area contributed by atoms with Crippen molar-refractivity contribution in [2.75, 3.05) is 20.8 Å². The number of hydrogen-bond donors (Lipinski definition) is 0. The molecule has 0 amide bonds. The van der Waals surface area contributed by atoms with E-state index in [1.54, 1.807) is 25.1 Å². The molecule has 0 aliphatic heterocycles.